The number of morpholine rings is 1. The molecule has 6 heteroatoms. The highest BCUT2D eigenvalue weighted by Crippen LogP contribution is 2.30. The molecule has 1 heterocycles. The van der Waals surface area contributed by atoms with E-state index in [0.717, 1.165) is 11.1 Å². The second-order valence-corrected chi connectivity index (χ2v) is 6.58. The summed E-state index contributed by atoms with van der Waals surface area (Å²) in [5, 5.41) is 4.48. The first kappa shape index (κ1) is 17.6. The summed E-state index contributed by atoms with van der Waals surface area (Å²) >= 11 is 12.1. The van der Waals surface area contributed by atoms with Gasteiger partial charge in [-0.1, -0.05) is 35.3 Å². The van der Waals surface area contributed by atoms with Gasteiger partial charge in [-0.25, -0.2) is 4.39 Å². The summed E-state index contributed by atoms with van der Waals surface area (Å²) in [5.41, 5.74) is 1.79. The van der Waals surface area contributed by atoms with Crippen molar-refractivity contribution < 1.29 is 13.9 Å². The zero-order chi connectivity index (χ0) is 17.1. The minimum absolute atomic E-state index is 0.170. The fourth-order valence-corrected chi connectivity index (χ4v) is 3.28. The molecule has 0 amide bonds. The van der Waals surface area contributed by atoms with Crippen molar-refractivity contribution in [1.29, 1.82) is 0 Å². The van der Waals surface area contributed by atoms with Gasteiger partial charge in [0, 0.05) is 16.6 Å². The number of benzene rings is 2. The largest absolute Gasteiger partial charge is 0.349 e. The van der Waals surface area contributed by atoms with E-state index in [2.05, 4.69) is 5.32 Å². The molecule has 128 valence electrons. The molecule has 2 aromatic rings. The second-order valence-electron chi connectivity index (χ2n) is 5.70. The number of hydrogen-bond donors (Lipinski definition) is 1. The quantitative estimate of drug-likeness (QED) is 0.831. The summed E-state index contributed by atoms with van der Waals surface area (Å²) in [7, 11) is 0. The number of halogens is 3. The molecule has 1 aliphatic rings. The maximum absolute atomic E-state index is 13.2. The van der Waals surface area contributed by atoms with Crippen molar-refractivity contribution >= 4 is 23.2 Å². The van der Waals surface area contributed by atoms with Crippen molar-refractivity contribution in [1.82, 2.24) is 5.32 Å². The number of hydrogen-bond acceptors (Lipinski definition) is 3. The van der Waals surface area contributed by atoms with Crippen molar-refractivity contribution in [2.45, 2.75) is 25.4 Å². The van der Waals surface area contributed by atoms with Crippen LogP contribution in [0.4, 0.5) is 4.39 Å². The average Bonchev–Trinajstić information content (AvgIpc) is 2.55. The van der Waals surface area contributed by atoms with Gasteiger partial charge >= 0.3 is 0 Å². The predicted molar refractivity (Wildman–Crippen MR) is 92.8 cm³/mol. The van der Waals surface area contributed by atoms with E-state index in [9.17, 15) is 4.39 Å². The molecule has 3 nitrogen and oxygen atoms in total. The molecular formula is C18H18Cl2FNO2. The van der Waals surface area contributed by atoms with Crippen LogP contribution in [-0.2, 0) is 9.47 Å². The first-order chi connectivity index (χ1) is 11.5. The first-order valence-electron chi connectivity index (χ1n) is 7.75. The number of nitrogens with one attached hydrogen (secondary N) is 1. The summed E-state index contributed by atoms with van der Waals surface area (Å²) in [6.07, 6.45) is -0.744. The second kappa shape index (κ2) is 7.81. The number of rotatable bonds is 4. The van der Waals surface area contributed by atoms with Crippen LogP contribution in [0, 0.1) is 5.82 Å². The van der Waals surface area contributed by atoms with Gasteiger partial charge in [-0.2, -0.15) is 0 Å². The molecule has 1 aliphatic heterocycles. The van der Waals surface area contributed by atoms with Gasteiger partial charge < -0.3 is 14.8 Å². The van der Waals surface area contributed by atoms with Crippen LogP contribution in [0.2, 0.25) is 10.0 Å². The third-order valence-electron chi connectivity index (χ3n) is 3.94. The maximum atomic E-state index is 13.2. The van der Waals surface area contributed by atoms with Crippen LogP contribution in [-0.4, -0.2) is 19.4 Å². The molecule has 3 rings (SSSR count). The minimum atomic E-state index is -0.489. The molecule has 2 aromatic carbocycles. The summed E-state index contributed by atoms with van der Waals surface area (Å²) in [6.45, 7) is 3.17. The van der Waals surface area contributed by atoms with Crippen molar-refractivity contribution in [2.24, 2.45) is 0 Å². The summed E-state index contributed by atoms with van der Waals surface area (Å²) < 4.78 is 25.0. The molecule has 1 fully saturated rings. The van der Waals surface area contributed by atoms with Crippen LogP contribution in [0.25, 0.3) is 0 Å². The normalized spacial score (nSPS) is 22.3. The monoisotopic (exact) mass is 369 g/mol. The van der Waals surface area contributed by atoms with Gasteiger partial charge in [-0.05, 0) is 48.4 Å². The molecule has 1 saturated heterocycles. The van der Waals surface area contributed by atoms with Crippen LogP contribution in [0.3, 0.4) is 0 Å². The Kier molecular flexibility index (Phi) is 5.74. The minimum Gasteiger partial charge on any atom is -0.349 e. The van der Waals surface area contributed by atoms with Crippen molar-refractivity contribution in [3.05, 3.63) is 69.5 Å². The third kappa shape index (κ3) is 4.26. The summed E-state index contributed by atoms with van der Waals surface area (Å²) in [5.74, 6) is -0.269. The van der Waals surface area contributed by atoms with Crippen LogP contribution < -0.4 is 5.32 Å². The molecule has 0 aliphatic carbocycles. The predicted octanol–water partition coefficient (Wildman–Crippen LogP) is 4.90. The molecule has 3 atom stereocenters. The smallest absolute Gasteiger partial charge is 0.177 e. The Labute approximate surface area is 150 Å². The molecule has 0 saturated carbocycles. The van der Waals surface area contributed by atoms with Crippen molar-refractivity contribution in [2.75, 3.05) is 13.2 Å². The van der Waals surface area contributed by atoms with Crippen LogP contribution in [0.1, 0.15) is 30.2 Å². The van der Waals surface area contributed by atoms with Crippen molar-refractivity contribution in [3.8, 4) is 0 Å². The highest BCUT2D eigenvalue weighted by Gasteiger charge is 2.29. The lowest BCUT2D eigenvalue weighted by Crippen LogP contribution is -2.43. The molecule has 0 aromatic heterocycles. The first-order valence-corrected chi connectivity index (χ1v) is 8.50. The number of ether oxygens (including phenoxy) is 2. The zero-order valence-electron chi connectivity index (χ0n) is 13.1. The Morgan fingerprint density at radius 3 is 2.50 bits per heavy atom. The third-order valence-corrected chi connectivity index (χ3v) is 4.38. The SMILES string of the molecule is C[C@@H](O[C@H]1OCCN[C@H]1c1ccc(F)cc1)c1cc(Cl)cc(Cl)c1. The molecule has 24 heavy (non-hydrogen) atoms. The maximum Gasteiger partial charge on any atom is 0.177 e. The van der Waals surface area contributed by atoms with E-state index in [-0.39, 0.29) is 18.0 Å². The lowest BCUT2D eigenvalue weighted by molar-refractivity contribution is -0.200. The van der Waals surface area contributed by atoms with Crippen LogP contribution >= 0.6 is 23.2 Å². The summed E-state index contributed by atoms with van der Waals surface area (Å²) in [6, 6.07) is 11.5. The van der Waals surface area contributed by atoms with Gasteiger partial charge in [-0.3, -0.25) is 0 Å². The van der Waals surface area contributed by atoms with E-state index in [1.54, 1.807) is 18.2 Å². The van der Waals surface area contributed by atoms with E-state index < -0.39 is 6.29 Å². The Morgan fingerprint density at radius 2 is 1.83 bits per heavy atom. The van der Waals surface area contributed by atoms with E-state index in [0.29, 0.717) is 23.2 Å². The lowest BCUT2D eigenvalue weighted by Gasteiger charge is -2.34. The Balaban J connectivity index is 1.76. The topological polar surface area (TPSA) is 30.5 Å². The van der Waals surface area contributed by atoms with E-state index in [4.69, 9.17) is 32.7 Å². The fourth-order valence-electron chi connectivity index (χ4n) is 2.73. The van der Waals surface area contributed by atoms with Gasteiger partial charge in [0.25, 0.3) is 0 Å². The van der Waals surface area contributed by atoms with E-state index in [1.165, 1.54) is 12.1 Å². The Bertz CT molecular complexity index is 676. The highest BCUT2D eigenvalue weighted by atomic mass is 35.5. The standard InChI is InChI=1S/C18H18Cl2FNO2/c1-11(13-8-14(19)10-15(20)9-13)24-18-17(22-6-7-23-18)12-2-4-16(21)5-3-12/h2-5,8-11,17-18,22H,6-7H2,1H3/t11-,17+,18-/m1/s1. The average molecular weight is 370 g/mol. The fraction of sp³-hybridized carbons (Fsp3) is 0.333. The van der Waals surface area contributed by atoms with E-state index >= 15 is 0 Å². The lowest BCUT2D eigenvalue weighted by atomic mass is 10.0. The molecule has 0 unspecified atom stereocenters. The Morgan fingerprint density at radius 1 is 1.17 bits per heavy atom. The molecule has 1 N–H and O–H groups in total. The van der Waals surface area contributed by atoms with Gasteiger partial charge in [0.1, 0.15) is 5.82 Å². The summed E-state index contributed by atoms with van der Waals surface area (Å²) in [4.78, 5) is 0. The molecule has 0 bridgehead atoms. The molecular weight excluding hydrogens is 352 g/mol. The van der Waals surface area contributed by atoms with Gasteiger partial charge in [-0.15, -0.1) is 0 Å². The highest BCUT2D eigenvalue weighted by molar-refractivity contribution is 6.34. The van der Waals surface area contributed by atoms with Gasteiger partial charge in [0.05, 0.1) is 18.8 Å². The van der Waals surface area contributed by atoms with E-state index in [1.807, 2.05) is 19.1 Å². The van der Waals surface area contributed by atoms with Crippen LogP contribution in [0.15, 0.2) is 42.5 Å². The van der Waals surface area contributed by atoms with Crippen molar-refractivity contribution in [3.63, 3.8) is 0 Å². The van der Waals surface area contributed by atoms with Crippen LogP contribution in [0.5, 0.6) is 0 Å². The zero-order valence-corrected chi connectivity index (χ0v) is 14.6. The van der Waals surface area contributed by atoms with Gasteiger partial charge in [0.15, 0.2) is 6.29 Å². The Hall–Kier alpha value is -1.17. The van der Waals surface area contributed by atoms with Gasteiger partial charge in [0.2, 0.25) is 0 Å². The molecule has 0 spiro atoms. The molecule has 0 radical (unpaired) electrons.